The molecule has 0 aromatic heterocycles. The van der Waals surface area contributed by atoms with E-state index < -0.39 is 0 Å². The Bertz CT molecular complexity index is 140. The Balaban J connectivity index is 1.93. The highest BCUT2D eigenvalue weighted by molar-refractivity contribution is 4.89. The second-order valence-electron chi connectivity index (χ2n) is 4.53. The van der Waals surface area contributed by atoms with Crippen LogP contribution in [-0.4, -0.2) is 13.1 Å². The molecule has 2 fully saturated rings. The molecule has 0 aromatic carbocycles. The van der Waals surface area contributed by atoms with Gasteiger partial charge in [-0.25, -0.2) is 0 Å². The van der Waals surface area contributed by atoms with Crippen LogP contribution in [0.5, 0.6) is 0 Å². The molecule has 0 aliphatic heterocycles. The third kappa shape index (κ3) is 1.82. The van der Waals surface area contributed by atoms with Crippen molar-refractivity contribution in [1.29, 1.82) is 0 Å². The fourth-order valence-corrected chi connectivity index (χ4v) is 2.78. The zero-order valence-corrected chi connectivity index (χ0v) is 8.18. The highest BCUT2D eigenvalue weighted by atomic mass is 14.9. The lowest BCUT2D eigenvalue weighted by atomic mass is 9.90. The molecule has 1 nitrogen and oxygen atoms in total. The molecule has 0 aromatic rings. The summed E-state index contributed by atoms with van der Waals surface area (Å²) < 4.78 is 0. The summed E-state index contributed by atoms with van der Waals surface area (Å²) >= 11 is 0. The van der Waals surface area contributed by atoms with Gasteiger partial charge in [-0.05, 0) is 44.6 Å². The molecule has 0 amide bonds. The van der Waals surface area contributed by atoms with E-state index in [1.807, 2.05) is 0 Å². The molecule has 0 spiro atoms. The predicted octanol–water partition coefficient (Wildman–Crippen LogP) is 2.56. The largest absolute Gasteiger partial charge is 0.317 e. The van der Waals surface area contributed by atoms with Crippen LogP contribution >= 0.6 is 0 Å². The van der Waals surface area contributed by atoms with Crippen LogP contribution in [0, 0.1) is 11.8 Å². The minimum atomic E-state index is 0.847. The van der Waals surface area contributed by atoms with Crippen LogP contribution in [0.25, 0.3) is 0 Å². The first kappa shape index (κ1) is 8.55. The first-order valence-electron chi connectivity index (χ1n) is 5.59. The highest BCUT2D eigenvalue weighted by Crippen LogP contribution is 2.43. The summed E-state index contributed by atoms with van der Waals surface area (Å²) in [6.07, 6.45) is 10.4. The topological polar surface area (TPSA) is 12.0 Å². The molecular formula is C11H21N. The van der Waals surface area contributed by atoms with Gasteiger partial charge in [0.25, 0.3) is 0 Å². The highest BCUT2D eigenvalue weighted by Gasteiger charge is 2.35. The van der Waals surface area contributed by atoms with E-state index in [2.05, 4.69) is 12.4 Å². The average Bonchev–Trinajstić information content (AvgIpc) is 2.91. The smallest absolute Gasteiger partial charge is 0.00949 e. The Kier molecular flexibility index (Phi) is 2.69. The molecule has 2 aliphatic carbocycles. The van der Waals surface area contributed by atoms with E-state index in [-0.39, 0.29) is 0 Å². The van der Waals surface area contributed by atoms with Gasteiger partial charge in [-0.3, -0.25) is 0 Å². The summed E-state index contributed by atoms with van der Waals surface area (Å²) in [5, 5.41) is 3.52. The van der Waals surface area contributed by atoms with E-state index in [1.54, 1.807) is 0 Å². The number of hydrogen-bond acceptors (Lipinski definition) is 1. The lowest BCUT2D eigenvalue weighted by molar-refractivity contribution is 0.315. The van der Waals surface area contributed by atoms with Gasteiger partial charge in [-0.15, -0.1) is 0 Å². The fourth-order valence-electron chi connectivity index (χ4n) is 2.78. The van der Waals surface area contributed by atoms with Gasteiger partial charge < -0.3 is 5.32 Å². The Labute approximate surface area is 75.9 Å². The van der Waals surface area contributed by atoms with Crippen molar-refractivity contribution >= 4 is 0 Å². The molecule has 0 saturated heterocycles. The number of hydrogen-bond donors (Lipinski definition) is 1. The lowest BCUT2D eigenvalue weighted by Crippen LogP contribution is -2.33. The van der Waals surface area contributed by atoms with E-state index in [9.17, 15) is 0 Å². The summed E-state index contributed by atoms with van der Waals surface area (Å²) in [6.45, 7) is 0. The second kappa shape index (κ2) is 3.78. The minimum absolute atomic E-state index is 0.847. The van der Waals surface area contributed by atoms with Gasteiger partial charge in [0.05, 0.1) is 0 Å². The van der Waals surface area contributed by atoms with Crippen molar-refractivity contribution in [1.82, 2.24) is 5.32 Å². The molecule has 2 unspecified atom stereocenters. The average molecular weight is 167 g/mol. The zero-order chi connectivity index (χ0) is 8.39. The van der Waals surface area contributed by atoms with E-state index in [1.165, 1.54) is 44.9 Å². The van der Waals surface area contributed by atoms with Crippen molar-refractivity contribution in [2.75, 3.05) is 7.05 Å². The minimum Gasteiger partial charge on any atom is -0.317 e. The van der Waals surface area contributed by atoms with E-state index in [0.29, 0.717) is 0 Å². The summed E-state index contributed by atoms with van der Waals surface area (Å²) in [5.74, 6) is 2.12. The Hall–Kier alpha value is -0.0400. The Morgan fingerprint density at radius 3 is 2.33 bits per heavy atom. The van der Waals surface area contributed by atoms with Gasteiger partial charge in [0.2, 0.25) is 0 Å². The van der Waals surface area contributed by atoms with Crippen molar-refractivity contribution < 1.29 is 0 Å². The zero-order valence-electron chi connectivity index (χ0n) is 8.18. The van der Waals surface area contributed by atoms with Crippen molar-refractivity contribution in [3.8, 4) is 0 Å². The maximum atomic E-state index is 3.52. The van der Waals surface area contributed by atoms with Gasteiger partial charge in [0, 0.05) is 6.04 Å². The molecule has 2 saturated carbocycles. The van der Waals surface area contributed by atoms with Crippen LogP contribution < -0.4 is 5.32 Å². The van der Waals surface area contributed by atoms with Gasteiger partial charge in [0.1, 0.15) is 0 Å². The maximum absolute atomic E-state index is 3.52. The standard InChI is InChI=1S/C11H21N/c1-12-11-6-4-2-3-5-10(11)9-7-8-9/h9-12H,2-8H2,1H3. The monoisotopic (exact) mass is 167 g/mol. The maximum Gasteiger partial charge on any atom is 0.00949 e. The summed E-state index contributed by atoms with van der Waals surface area (Å²) in [4.78, 5) is 0. The quantitative estimate of drug-likeness (QED) is 0.623. The number of rotatable bonds is 2. The summed E-state index contributed by atoms with van der Waals surface area (Å²) in [5.41, 5.74) is 0. The molecule has 2 aliphatic rings. The Morgan fingerprint density at radius 2 is 1.67 bits per heavy atom. The van der Waals surface area contributed by atoms with Gasteiger partial charge >= 0.3 is 0 Å². The lowest BCUT2D eigenvalue weighted by Gasteiger charge is -2.24. The van der Waals surface area contributed by atoms with Crippen LogP contribution in [0.15, 0.2) is 0 Å². The summed E-state index contributed by atoms with van der Waals surface area (Å²) in [6, 6.07) is 0.847. The predicted molar refractivity (Wildman–Crippen MR) is 52.1 cm³/mol. The van der Waals surface area contributed by atoms with E-state index in [0.717, 1.165) is 17.9 Å². The van der Waals surface area contributed by atoms with Crippen molar-refractivity contribution in [3.05, 3.63) is 0 Å². The van der Waals surface area contributed by atoms with Gasteiger partial charge in [0.15, 0.2) is 0 Å². The molecule has 70 valence electrons. The molecule has 2 rings (SSSR count). The normalized spacial score (nSPS) is 37.8. The van der Waals surface area contributed by atoms with Crippen LogP contribution in [0.1, 0.15) is 44.9 Å². The van der Waals surface area contributed by atoms with Crippen molar-refractivity contribution in [2.24, 2.45) is 11.8 Å². The van der Waals surface area contributed by atoms with Gasteiger partial charge in [-0.2, -0.15) is 0 Å². The molecule has 0 bridgehead atoms. The van der Waals surface area contributed by atoms with Gasteiger partial charge in [-0.1, -0.05) is 19.3 Å². The van der Waals surface area contributed by atoms with Crippen LogP contribution in [0.4, 0.5) is 0 Å². The molecule has 1 N–H and O–H groups in total. The molecule has 0 radical (unpaired) electrons. The molecule has 2 atom stereocenters. The molecule has 0 heterocycles. The fraction of sp³-hybridized carbons (Fsp3) is 1.00. The molecule has 1 heteroatoms. The first-order chi connectivity index (χ1) is 5.92. The van der Waals surface area contributed by atoms with Crippen LogP contribution in [0.2, 0.25) is 0 Å². The molecular weight excluding hydrogens is 146 g/mol. The van der Waals surface area contributed by atoms with Crippen molar-refractivity contribution in [2.45, 2.75) is 51.0 Å². The van der Waals surface area contributed by atoms with Crippen LogP contribution in [-0.2, 0) is 0 Å². The third-order valence-corrected chi connectivity index (χ3v) is 3.67. The third-order valence-electron chi connectivity index (χ3n) is 3.67. The number of nitrogens with one attached hydrogen (secondary N) is 1. The SMILES string of the molecule is CNC1CCCCCC1C1CC1. The van der Waals surface area contributed by atoms with Crippen LogP contribution in [0.3, 0.4) is 0 Å². The van der Waals surface area contributed by atoms with Crippen molar-refractivity contribution in [3.63, 3.8) is 0 Å². The Morgan fingerprint density at radius 1 is 0.917 bits per heavy atom. The summed E-state index contributed by atoms with van der Waals surface area (Å²) in [7, 11) is 2.14. The van der Waals surface area contributed by atoms with E-state index in [4.69, 9.17) is 0 Å². The first-order valence-corrected chi connectivity index (χ1v) is 5.59. The molecule has 12 heavy (non-hydrogen) atoms. The second-order valence-corrected chi connectivity index (χ2v) is 4.53. The van der Waals surface area contributed by atoms with E-state index >= 15 is 0 Å².